The van der Waals surface area contributed by atoms with Gasteiger partial charge in [0.05, 0.1) is 12.1 Å². The van der Waals surface area contributed by atoms with Gasteiger partial charge in [-0.1, -0.05) is 5.11 Å². The Kier molecular flexibility index (Phi) is 2.94. The van der Waals surface area contributed by atoms with Crippen molar-refractivity contribution in [2.24, 2.45) is 5.11 Å². The summed E-state index contributed by atoms with van der Waals surface area (Å²) in [6.45, 7) is 0.253. The second-order valence-electron chi connectivity index (χ2n) is 2.94. The summed E-state index contributed by atoms with van der Waals surface area (Å²) in [4.78, 5) is 14.2. The molecule has 0 unspecified atom stereocenters. The van der Waals surface area contributed by atoms with E-state index >= 15 is 0 Å². The molecule has 0 aromatic heterocycles. The largest absolute Gasteiger partial charge is 0.465 e. The zero-order valence-electron chi connectivity index (χ0n) is 6.87. The minimum absolute atomic E-state index is 0.0901. The van der Waals surface area contributed by atoms with E-state index in [4.69, 9.17) is 10.6 Å². The molecule has 1 heterocycles. The summed E-state index contributed by atoms with van der Waals surface area (Å²) in [5.41, 5.74) is 8.14. The lowest BCUT2D eigenvalue weighted by Gasteiger charge is -2.31. The van der Waals surface area contributed by atoms with Gasteiger partial charge in [0.1, 0.15) is 0 Å². The number of aliphatic hydroxyl groups excluding tert-OH is 1. The minimum Gasteiger partial charge on any atom is -0.465 e. The molecule has 0 radical (unpaired) electrons. The van der Waals surface area contributed by atoms with Gasteiger partial charge >= 0.3 is 6.09 Å². The molecule has 0 bridgehead atoms. The number of hydrogen-bond donors (Lipinski definition) is 2. The number of hydrogen-bond acceptors (Lipinski definition) is 3. The molecule has 13 heavy (non-hydrogen) atoms. The van der Waals surface area contributed by atoms with Crippen LogP contribution in [0.5, 0.6) is 0 Å². The van der Waals surface area contributed by atoms with E-state index in [0.717, 1.165) is 4.90 Å². The first-order valence-corrected chi connectivity index (χ1v) is 3.83. The fourth-order valence-corrected chi connectivity index (χ4v) is 1.36. The summed E-state index contributed by atoms with van der Waals surface area (Å²) in [7, 11) is 0. The number of carbonyl (C=O) groups is 1. The average Bonchev–Trinajstić information content (AvgIpc) is 2.03. The van der Waals surface area contributed by atoms with E-state index in [1.54, 1.807) is 0 Å². The molecule has 0 aromatic carbocycles. The second kappa shape index (κ2) is 3.97. The van der Waals surface area contributed by atoms with Crippen molar-refractivity contribution in [2.75, 3.05) is 13.1 Å². The molecular weight excluding hydrogens is 176 g/mol. The summed E-state index contributed by atoms with van der Waals surface area (Å²) in [6, 6.07) is -0.454. The molecule has 0 saturated carbocycles. The second-order valence-corrected chi connectivity index (χ2v) is 2.94. The van der Waals surface area contributed by atoms with Gasteiger partial charge in [0.25, 0.3) is 0 Å². The van der Waals surface area contributed by atoms with Crippen LogP contribution >= 0.6 is 0 Å². The molecule has 0 aromatic rings. The maximum Gasteiger partial charge on any atom is 0.407 e. The van der Waals surface area contributed by atoms with Crippen molar-refractivity contribution in [1.29, 1.82) is 0 Å². The Morgan fingerprint density at radius 3 is 2.85 bits per heavy atom. The zero-order chi connectivity index (χ0) is 9.84. The Bertz CT molecular complexity index is 240. The van der Waals surface area contributed by atoms with Crippen LogP contribution in [0, 0.1) is 0 Å². The van der Waals surface area contributed by atoms with Crippen molar-refractivity contribution in [3.8, 4) is 0 Å². The molecular formula is C6H10N4O3. The van der Waals surface area contributed by atoms with Gasteiger partial charge in [-0.25, -0.2) is 4.79 Å². The van der Waals surface area contributed by atoms with Gasteiger partial charge in [0.15, 0.2) is 0 Å². The van der Waals surface area contributed by atoms with E-state index in [0.29, 0.717) is 6.42 Å². The Morgan fingerprint density at radius 1 is 1.62 bits per heavy atom. The molecule has 7 heteroatoms. The number of likely N-dealkylation sites (tertiary alicyclic amines) is 1. The van der Waals surface area contributed by atoms with Crippen LogP contribution in [0.15, 0.2) is 5.11 Å². The van der Waals surface area contributed by atoms with Gasteiger partial charge in [-0.15, -0.1) is 0 Å². The van der Waals surface area contributed by atoms with Crippen molar-refractivity contribution in [3.63, 3.8) is 0 Å². The molecule has 7 nitrogen and oxygen atoms in total. The third-order valence-electron chi connectivity index (χ3n) is 1.89. The summed E-state index contributed by atoms with van der Waals surface area (Å²) in [5, 5.41) is 21.2. The number of β-amino-alcohol motifs (C(OH)–C–C–N with tert-alkyl or cyclic N) is 1. The van der Waals surface area contributed by atoms with E-state index in [9.17, 15) is 9.90 Å². The van der Waals surface area contributed by atoms with Gasteiger partial charge < -0.3 is 15.1 Å². The maximum absolute atomic E-state index is 10.5. The van der Waals surface area contributed by atoms with E-state index < -0.39 is 18.2 Å². The van der Waals surface area contributed by atoms with Crippen LogP contribution in [0.2, 0.25) is 0 Å². The Morgan fingerprint density at radius 2 is 2.31 bits per heavy atom. The van der Waals surface area contributed by atoms with Crippen LogP contribution in [0.25, 0.3) is 10.4 Å². The number of nitrogens with zero attached hydrogens (tertiary/aromatic N) is 4. The van der Waals surface area contributed by atoms with Crippen molar-refractivity contribution < 1.29 is 15.0 Å². The summed E-state index contributed by atoms with van der Waals surface area (Å²) in [5.74, 6) is 0. The quantitative estimate of drug-likeness (QED) is 0.351. The van der Waals surface area contributed by atoms with E-state index in [2.05, 4.69) is 10.0 Å². The van der Waals surface area contributed by atoms with Gasteiger partial charge in [0, 0.05) is 18.0 Å². The van der Waals surface area contributed by atoms with Crippen LogP contribution < -0.4 is 0 Å². The number of azide groups is 1. The van der Waals surface area contributed by atoms with Gasteiger partial charge in [-0.3, -0.25) is 0 Å². The smallest absolute Gasteiger partial charge is 0.407 e. The predicted octanol–water partition coefficient (Wildman–Crippen LogP) is 0.410. The maximum atomic E-state index is 10.5. The highest BCUT2D eigenvalue weighted by molar-refractivity contribution is 5.65. The number of carboxylic acid groups (broad SMARTS) is 1. The molecule has 2 atom stereocenters. The molecule has 2 N–H and O–H groups in total. The van der Waals surface area contributed by atoms with Crippen molar-refractivity contribution in [2.45, 2.75) is 18.6 Å². The molecule has 1 aliphatic rings. The number of rotatable bonds is 1. The van der Waals surface area contributed by atoms with Crippen LogP contribution in [-0.2, 0) is 0 Å². The first-order valence-electron chi connectivity index (χ1n) is 3.83. The predicted molar refractivity (Wildman–Crippen MR) is 43.2 cm³/mol. The van der Waals surface area contributed by atoms with Gasteiger partial charge in [0.2, 0.25) is 0 Å². The monoisotopic (exact) mass is 186 g/mol. The van der Waals surface area contributed by atoms with Crippen LogP contribution in [0.3, 0.4) is 0 Å². The van der Waals surface area contributed by atoms with Crippen molar-refractivity contribution in [3.05, 3.63) is 10.4 Å². The Labute approximate surface area is 74.2 Å². The lowest BCUT2D eigenvalue weighted by molar-refractivity contribution is 0.0577. The lowest BCUT2D eigenvalue weighted by atomic mass is 10.0. The molecule has 0 aliphatic carbocycles. The van der Waals surface area contributed by atoms with Crippen LogP contribution in [0.1, 0.15) is 6.42 Å². The first kappa shape index (κ1) is 9.63. The Hall–Kier alpha value is -1.46. The number of amides is 1. The lowest BCUT2D eigenvalue weighted by Crippen LogP contribution is -2.47. The van der Waals surface area contributed by atoms with Crippen LogP contribution in [-0.4, -0.2) is 46.4 Å². The van der Waals surface area contributed by atoms with Crippen molar-refractivity contribution in [1.82, 2.24) is 4.90 Å². The van der Waals surface area contributed by atoms with E-state index in [-0.39, 0.29) is 13.1 Å². The van der Waals surface area contributed by atoms with Crippen LogP contribution in [0.4, 0.5) is 4.79 Å². The highest BCUT2D eigenvalue weighted by Gasteiger charge is 2.27. The highest BCUT2D eigenvalue weighted by atomic mass is 16.4. The topological polar surface area (TPSA) is 110 Å². The fraction of sp³-hybridized carbons (Fsp3) is 0.833. The standard InChI is InChI=1S/C6H10N4O3/c7-9-8-4-1-5(11)3-10(2-4)6(12)13/h4-5,11H,1-3H2,(H,12,13)/t4-,5+/m1/s1. The van der Waals surface area contributed by atoms with Gasteiger partial charge in [-0.2, -0.15) is 0 Å². The summed E-state index contributed by atoms with van der Waals surface area (Å²) < 4.78 is 0. The normalized spacial score (nSPS) is 27.9. The number of aliphatic hydroxyl groups is 1. The first-order chi connectivity index (χ1) is 6.13. The van der Waals surface area contributed by atoms with E-state index in [1.165, 1.54) is 0 Å². The molecule has 72 valence electrons. The molecule has 0 spiro atoms. The zero-order valence-corrected chi connectivity index (χ0v) is 6.87. The Balaban J connectivity index is 2.62. The van der Waals surface area contributed by atoms with E-state index in [1.807, 2.05) is 0 Å². The average molecular weight is 186 g/mol. The molecule has 1 fully saturated rings. The summed E-state index contributed by atoms with van der Waals surface area (Å²) in [6.07, 6.45) is -1.51. The third-order valence-corrected chi connectivity index (χ3v) is 1.89. The summed E-state index contributed by atoms with van der Waals surface area (Å²) >= 11 is 0. The van der Waals surface area contributed by atoms with Gasteiger partial charge in [-0.05, 0) is 12.0 Å². The molecule has 1 saturated heterocycles. The molecule has 1 amide bonds. The fourth-order valence-electron chi connectivity index (χ4n) is 1.36. The molecule has 1 aliphatic heterocycles. The number of piperidine rings is 1. The third kappa shape index (κ3) is 2.50. The van der Waals surface area contributed by atoms with Crippen molar-refractivity contribution >= 4 is 6.09 Å². The SMILES string of the molecule is [N-]=[N+]=N[C@@H]1C[C@H](O)CN(C(=O)O)C1. The molecule has 1 rings (SSSR count). The highest BCUT2D eigenvalue weighted by Crippen LogP contribution is 2.13. The minimum atomic E-state index is -1.10.